The summed E-state index contributed by atoms with van der Waals surface area (Å²) in [7, 11) is 4.00. The van der Waals surface area contributed by atoms with Crippen LogP contribution in [0.25, 0.3) is 0 Å². The second-order valence-electron chi connectivity index (χ2n) is 5.60. The quantitative estimate of drug-likeness (QED) is 0.806. The van der Waals surface area contributed by atoms with Crippen molar-refractivity contribution in [1.82, 2.24) is 10.2 Å². The predicted molar refractivity (Wildman–Crippen MR) is 101 cm³/mol. The number of benzene rings is 1. The number of aliphatic imine (C=N–C) groups is 1. The van der Waals surface area contributed by atoms with E-state index in [9.17, 15) is 9.90 Å². The number of carboxylic acids is 1. The zero-order valence-electron chi connectivity index (χ0n) is 13.6. The second kappa shape index (κ2) is 8.25. The molecule has 1 aromatic rings. The second-order valence-corrected chi connectivity index (χ2v) is 7.47. The zero-order chi connectivity index (χ0) is 17.9. The summed E-state index contributed by atoms with van der Waals surface area (Å²) < 4.78 is 0. The number of hydrogen-bond donors (Lipinski definition) is 2. The molecule has 1 atom stereocenters. The largest absolute Gasteiger partial charge is 0.478 e. The fraction of sp³-hybridized carbons (Fsp3) is 0.375. The number of hydrogen-bond acceptors (Lipinski definition) is 5. The number of allylic oxidation sites excluding steroid dienone is 1. The van der Waals surface area contributed by atoms with Gasteiger partial charge in [-0.15, -0.1) is 0 Å². The van der Waals surface area contributed by atoms with Crippen molar-refractivity contribution in [1.29, 1.82) is 0 Å². The first-order valence-electron chi connectivity index (χ1n) is 7.31. The average molecular weight is 388 g/mol. The highest BCUT2D eigenvalue weighted by molar-refractivity contribution is 8.13. The molecule has 130 valence electrons. The van der Waals surface area contributed by atoms with Crippen LogP contribution < -0.4 is 5.32 Å². The summed E-state index contributed by atoms with van der Waals surface area (Å²) in [6, 6.07) is 4.49. The van der Waals surface area contributed by atoms with E-state index in [2.05, 4.69) is 15.2 Å². The van der Waals surface area contributed by atoms with Crippen LogP contribution in [0.2, 0.25) is 10.0 Å². The van der Waals surface area contributed by atoms with Crippen LogP contribution in [0.1, 0.15) is 18.5 Å². The number of halogens is 2. The smallest absolute Gasteiger partial charge is 0.335 e. The van der Waals surface area contributed by atoms with Gasteiger partial charge in [0.1, 0.15) is 6.04 Å². The lowest BCUT2D eigenvalue weighted by atomic mass is 9.96. The van der Waals surface area contributed by atoms with E-state index in [1.54, 1.807) is 36.9 Å². The Morgan fingerprint density at radius 1 is 1.42 bits per heavy atom. The standard InChI is InChI=1S/C16H19Cl2N3O2S/c1-9-12(15(22)23)14(10-5-4-6-11(17)13(10)18)20-16(19-9)24-8-7-21(2)3/h4-6,14H,7-8H2,1-3H3,(H,19,20)(H,22,23). The third-order valence-corrected chi connectivity index (χ3v) is 5.20. The first kappa shape index (κ1) is 19.1. The molecule has 1 unspecified atom stereocenters. The average Bonchev–Trinajstić information content (AvgIpc) is 2.48. The van der Waals surface area contributed by atoms with Crippen molar-refractivity contribution < 1.29 is 9.90 Å². The maximum absolute atomic E-state index is 11.7. The molecule has 0 fully saturated rings. The van der Waals surface area contributed by atoms with Crippen LogP contribution in [0.15, 0.2) is 34.5 Å². The van der Waals surface area contributed by atoms with Crippen LogP contribution in [0.3, 0.4) is 0 Å². The van der Waals surface area contributed by atoms with E-state index in [1.165, 1.54) is 0 Å². The van der Waals surface area contributed by atoms with Gasteiger partial charge in [-0.25, -0.2) is 9.79 Å². The van der Waals surface area contributed by atoms with Gasteiger partial charge in [-0.3, -0.25) is 0 Å². The Hall–Kier alpha value is -1.21. The molecule has 1 aliphatic heterocycles. The van der Waals surface area contributed by atoms with Crippen LogP contribution in [-0.2, 0) is 4.79 Å². The zero-order valence-corrected chi connectivity index (χ0v) is 16.0. The summed E-state index contributed by atoms with van der Waals surface area (Å²) in [6.07, 6.45) is 0. The molecule has 8 heteroatoms. The van der Waals surface area contributed by atoms with Crippen LogP contribution in [-0.4, -0.2) is 47.5 Å². The number of nitrogens with zero attached hydrogens (tertiary/aromatic N) is 2. The SMILES string of the molecule is CC1=C(C(=O)O)C(c2cccc(Cl)c2Cl)N=C(SCCN(C)C)N1. The molecular weight excluding hydrogens is 369 g/mol. The lowest BCUT2D eigenvalue weighted by molar-refractivity contribution is -0.133. The first-order chi connectivity index (χ1) is 11.3. The molecule has 5 nitrogen and oxygen atoms in total. The summed E-state index contributed by atoms with van der Waals surface area (Å²) in [5.41, 5.74) is 1.33. The van der Waals surface area contributed by atoms with Crippen molar-refractivity contribution in [2.24, 2.45) is 4.99 Å². The molecule has 1 heterocycles. The molecule has 24 heavy (non-hydrogen) atoms. The normalized spacial score (nSPS) is 17.8. The summed E-state index contributed by atoms with van der Waals surface area (Å²) in [5, 5.41) is 14.0. The van der Waals surface area contributed by atoms with Gasteiger partial charge in [-0.05, 0) is 27.1 Å². The molecule has 0 bridgehead atoms. The molecule has 0 spiro atoms. The highest BCUT2D eigenvalue weighted by Crippen LogP contribution is 2.38. The van der Waals surface area contributed by atoms with Gasteiger partial charge in [-0.1, -0.05) is 47.1 Å². The minimum atomic E-state index is -1.03. The molecule has 0 radical (unpaired) electrons. The van der Waals surface area contributed by atoms with Crippen molar-refractivity contribution in [2.45, 2.75) is 13.0 Å². The number of carbonyl (C=O) groups is 1. The van der Waals surface area contributed by atoms with Crippen LogP contribution >= 0.6 is 35.0 Å². The third kappa shape index (κ3) is 4.45. The summed E-state index contributed by atoms with van der Waals surface area (Å²) in [6.45, 7) is 2.62. The maximum atomic E-state index is 11.7. The number of aliphatic carboxylic acids is 1. The predicted octanol–water partition coefficient (Wildman–Crippen LogP) is 3.65. The Bertz CT molecular complexity index is 705. The highest BCUT2D eigenvalue weighted by Gasteiger charge is 2.30. The van der Waals surface area contributed by atoms with Gasteiger partial charge < -0.3 is 15.3 Å². The summed E-state index contributed by atoms with van der Waals surface area (Å²) in [5.74, 6) is -0.188. The van der Waals surface area contributed by atoms with Crippen molar-refractivity contribution in [3.05, 3.63) is 45.1 Å². The molecular formula is C16H19Cl2N3O2S. The van der Waals surface area contributed by atoms with Gasteiger partial charge in [-0.2, -0.15) is 0 Å². The van der Waals surface area contributed by atoms with Gasteiger partial charge in [0.05, 0.1) is 15.6 Å². The molecule has 0 amide bonds. The Kier molecular flexibility index (Phi) is 6.57. The van der Waals surface area contributed by atoms with E-state index < -0.39 is 12.0 Å². The molecule has 2 N–H and O–H groups in total. The summed E-state index contributed by atoms with van der Waals surface area (Å²) in [4.78, 5) is 18.3. The van der Waals surface area contributed by atoms with E-state index in [4.69, 9.17) is 23.2 Å². The van der Waals surface area contributed by atoms with Gasteiger partial charge in [0.15, 0.2) is 5.17 Å². The lowest BCUT2D eigenvalue weighted by Gasteiger charge is -2.25. The fourth-order valence-corrected chi connectivity index (χ4v) is 3.75. The molecule has 1 aromatic carbocycles. The Morgan fingerprint density at radius 2 is 2.12 bits per heavy atom. The van der Waals surface area contributed by atoms with E-state index in [0.717, 1.165) is 12.3 Å². The Balaban J connectivity index is 2.37. The number of thioether (sulfide) groups is 1. The minimum Gasteiger partial charge on any atom is -0.478 e. The van der Waals surface area contributed by atoms with Gasteiger partial charge in [0.2, 0.25) is 0 Å². The highest BCUT2D eigenvalue weighted by atomic mass is 35.5. The topological polar surface area (TPSA) is 64.9 Å². The number of carboxylic acid groups (broad SMARTS) is 1. The Labute approximate surface area is 155 Å². The van der Waals surface area contributed by atoms with E-state index >= 15 is 0 Å². The third-order valence-electron chi connectivity index (χ3n) is 3.50. The van der Waals surface area contributed by atoms with Crippen LogP contribution in [0, 0.1) is 0 Å². The van der Waals surface area contributed by atoms with E-state index in [-0.39, 0.29) is 5.57 Å². The maximum Gasteiger partial charge on any atom is 0.335 e. The monoisotopic (exact) mass is 387 g/mol. The van der Waals surface area contributed by atoms with Crippen molar-refractivity contribution in [3.8, 4) is 0 Å². The van der Waals surface area contributed by atoms with Gasteiger partial charge >= 0.3 is 5.97 Å². The number of rotatable bonds is 5. The Morgan fingerprint density at radius 3 is 2.75 bits per heavy atom. The molecule has 0 saturated heterocycles. The molecule has 0 saturated carbocycles. The lowest BCUT2D eigenvalue weighted by Crippen LogP contribution is -2.30. The van der Waals surface area contributed by atoms with Crippen molar-refractivity contribution >= 4 is 46.1 Å². The molecule has 1 aliphatic rings. The van der Waals surface area contributed by atoms with Gasteiger partial charge in [0, 0.05) is 23.6 Å². The van der Waals surface area contributed by atoms with Gasteiger partial charge in [0.25, 0.3) is 0 Å². The molecule has 2 rings (SSSR count). The van der Waals surface area contributed by atoms with Crippen molar-refractivity contribution in [3.63, 3.8) is 0 Å². The van der Waals surface area contributed by atoms with Crippen LogP contribution in [0.4, 0.5) is 0 Å². The van der Waals surface area contributed by atoms with E-state index in [1.807, 2.05) is 14.1 Å². The fourth-order valence-electron chi connectivity index (χ4n) is 2.28. The summed E-state index contributed by atoms with van der Waals surface area (Å²) >= 11 is 13.9. The molecule has 0 aliphatic carbocycles. The van der Waals surface area contributed by atoms with E-state index in [0.29, 0.717) is 26.5 Å². The van der Waals surface area contributed by atoms with Crippen LogP contribution in [0.5, 0.6) is 0 Å². The van der Waals surface area contributed by atoms with Crippen molar-refractivity contribution in [2.75, 3.05) is 26.4 Å². The number of amidine groups is 1. The number of nitrogens with one attached hydrogen (secondary N) is 1. The molecule has 0 aromatic heterocycles. The minimum absolute atomic E-state index is 0.177. The first-order valence-corrected chi connectivity index (χ1v) is 9.05.